The number of nitrogens with zero attached hydrogens (tertiary/aromatic N) is 1. The molecule has 10 nitrogen and oxygen atoms in total. The smallest absolute Gasteiger partial charge is 0.326 e. The van der Waals surface area contributed by atoms with Crippen molar-refractivity contribution in [2.24, 2.45) is 11.5 Å². The molecular formula is C15H27N5O5. The number of amides is 3. The lowest BCUT2D eigenvalue weighted by atomic mass is 10.1. The van der Waals surface area contributed by atoms with Gasteiger partial charge in [-0.25, -0.2) is 4.79 Å². The van der Waals surface area contributed by atoms with Gasteiger partial charge in [0, 0.05) is 6.54 Å². The molecule has 7 N–H and O–H groups in total. The molecule has 0 radical (unpaired) electrons. The van der Waals surface area contributed by atoms with Crippen molar-refractivity contribution in [2.75, 3.05) is 26.2 Å². The summed E-state index contributed by atoms with van der Waals surface area (Å²) in [6, 6.07) is -1.54. The number of carbonyl (C=O) groups is 4. The normalized spacial score (nSPS) is 17.8. The molecule has 3 amide bonds. The fourth-order valence-electron chi connectivity index (χ4n) is 2.60. The van der Waals surface area contributed by atoms with Crippen LogP contribution in [0.25, 0.3) is 0 Å². The maximum atomic E-state index is 12.0. The molecule has 1 aliphatic heterocycles. The molecule has 1 heterocycles. The zero-order chi connectivity index (χ0) is 18.8. The van der Waals surface area contributed by atoms with Gasteiger partial charge < -0.3 is 32.1 Å². The molecule has 0 spiro atoms. The SMILES string of the molecule is NCCCCC(N)C(=O)NCC(=O)NCC(=O)N1CCCC1C(=O)O. The van der Waals surface area contributed by atoms with Crippen LogP contribution in [0, 0.1) is 0 Å². The third-order valence-corrected chi connectivity index (χ3v) is 4.02. The van der Waals surface area contributed by atoms with E-state index in [-0.39, 0.29) is 13.1 Å². The molecule has 1 rings (SSSR count). The molecule has 0 aromatic heterocycles. The number of rotatable bonds is 10. The van der Waals surface area contributed by atoms with E-state index >= 15 is 0 Å². The van der Waals surface area contributed by atoms with Crippen LogP contribution >= 0.6 is 0 Å². The summed E-state index contributed by atoms with van der Waals surface area (Å²) in [7, 11) is 0. The summed E-state index contributed by atoms with van der Waals surface area (Å²) in [5, 5.41) is 13.8. The maximum Gasteiger partial charge on any atom is 0.326 e. The van der Waals surface area contributed by atoms with Gasteiger partial charge in [0.1, 0.15) is 6.04 Å². The molecule has 0 aliphatic carbocycles. The van der Waals surface area contributed by atoms with Crippen molar-refractivity contribution in [3.63, 3.8) is 0 Å². The Bertz CT molecular complexity index is 499. The first kappa shape index (κ1) is 20.8. The number of aliphatic carboxylic acids is 1. The maximum absolute atomic E-state index is 12.0. The standard InChI is InChI=1S/C15H27N5O5/c16-6-2-1-4-10(17)14(23)19-8-12(21)18-9-13(22)20-7-3-5-11(20)15(24)25/h10-11H,1-9,16-17H2,(H,18,21)(H,19,23)(H,24,25). The van der Waals surface area contributed by atoms with Crippen LogP contribution in [0.4, 0.5) is 0 Å². The Morgan fingerprint density at radius 2 is 1.88 bits per heavy atom. The van der Waals surface area contributed by atoms with Crippen LogP contribution in [0.15, 0.2) is 0 Å². The number of carboxylic acid groups (broad SMARTS) is 1. The van der Waals surface area contributed by atoms with Crippen molar-refractivity contribution < 1.29 is 24.3 Å². The van der Waals surface area contributed by atoms with Gasteiger partial charge in [0.25, 0.3) is 0 Å². The van der Waals surface area contributed by atoms with Crippen LogP contribution in [0.5, 0.6) is 0 Å². The minimum atomic E-state index is -1.05. The Balaban J connectivity index is 2.27. The largest absolute Gasteiger partial charge is 0.480 e. The van der Waals surface area contributed by atoms with Crippen molar-refractivity contribution in [3.8, 4) is 0 Å². The van der Waals surface area contributed by atoms with Gasteiger partial charge in [0.2, 0.25) is 17.7 Å². The lowest BCUT2D eigenvalue weighted by molar-refractivity contribution is -0.148. The highest BCUT2D eigenvalue weighted by Crippen LogP contribution is 2.17. The van der Waals surface area contributed by atoms with Crippen LogP contribution in [0.1, 0.15) is 32.1 Å². The lowest BCUT2D eigenvalue weighted by Crippen LogP contribution is -2.48. The third-order valence-electron chi connectivity index (χ3n) is 4.02. The van der Waals surface area contributed by atoms with Gasteiger partial charge in [-0.3, -0.25) is 14.4 Å². The van der Waals surface area contributed by atoms with Crippen molar-refractivity contribution >= 4 is 23.7 Å². The lowest BCUT2D eigenvalue weighted by Gasteiger charge is -2.21. The summed E-state index contributed by atoms with van der Waals surface area (Å²) >= 11 is 0. The van der Waals surface area contributed by atoms with E-state index in [0.29, 0.717) is 32.4 Å². The molecule has 2 unspecified atom stereocenters. The highest BCUT2D eigenvalue weighted by Gasteiger charge is 2.33. The van der Waals surface area contributed by atoms with E-state index in [1.807, 2.05) is 0 Å². The van der Waals surface area contributed by atoms with E-state index in [4.69, 9.17) is 16.6 Å². The second-order valence-electron chi connectivity index (χ2n) is 5.97. The summed E-state index contributed by atoms with van der Waals surface area (Å²) < 4.78 is 0. The number of nitrogens with one attached hydrogen (secondary N) is 2. The molecular weight excluding hydrogens is 330 g/mol. The van der Waals surface area contributed by atoms with Gasteiger partial charge in [-0.2, -0.15) is 0 Å². The predicted octanol–water partition coefficient (Wildman–Crippen LogP) is -2.25. The highest BCUT2D eigenvalue weighted by molar-refractivity contribution is 5.90. The number of unbranched alkanes of at least 4 members (excludes halogenated alkanes) is 1. The Morgan fingerprint density at radius 1 is 1.16 bits per heavy atom. The molecule has 25 heavy (non-hydrogen) atoms. The number of nitrogens with two attached hydrogens (primary N) is 2. The summed E-state index contributed by atoms with van der Waals surface area (Å²) in [6.45, 7) is 0.296. The van der Waals surface area contributed by atoms with Crippen molar-refractivity contribution in [1.29, 1.82) is 0 Å². The molecule has 10 heteroatoms. The van der Waals surface area contributed by atoms with E-state index < -0.39 is 35.8 Å². The first-order valence-corrected chi connectivity index (χ1v) is 8.39. The summed E-state index contributed by atoms with van der Waals surface area (Å²) in [4.78, 5) is 47.7. The topological polar surface area (TPSA) is 168 Å². The fourth-order valence-corrected chi connectivity index (χ4v) is 2.60. The zero-order valence-corrected chi connectivity index (χ0v) is 14.2. The van der Waals surface area contributed by atoms with E-state index in [1.165, 1.54) is 4.90 Å². The van der Waals surface area contributed by atoms with Gasteiger partial charge in [-0.15, -0.1) is 0 Å². The summed E-state index contributed by atoms with van der Waals surface area (Å²) in [5.74, 6) is -2.48. The number of hydrogen-bond donors (Lipinski definition) is 5. The quantitative estimate of drug-likeness (QED) is 0.275. The van der Waals surface area contributed by atoms with Gasteiger partial charge in [0.05, 0.1) is 19.1 Å². The molecule has 0 aromatic rings. The highest BCUT2D eigenvalue weighted by atomic mass is 16.4. The van der Waals surface area contributed by atoms with Crippen LogP contribution in [0.2, 0.25) is 0 Å². The van der Waals surface area contributed by atoms with Crippen molar-refractivity contribution in [2.45, 2.75) is 44.2 Å². The first-order valence-electron chi connectivity index (χ1n) is 8.39. The van der Waals surface area contributed by atoms with Crippen molar-refractivity contribution in [3.05, 3.63) is 0 Å². The number of carbonyl (C=O) groups excluding carboxylic acids is 3. The van der Waals surface area contributed by atoms with Crippen LogP contribution in [0.3, 0.4) is 0 Å². The van der Waals surface area contributed by atoms with Crippen LogP contribution in [-0.4, -0.2) is 72.0 Å². The monoisotopic (exact) mass is 357 g/mol. The zero-order valence-electron chi connectivity index (χ0n) is 14.2. The molecule has 0 saturated carbocycles. The molecule has 0 bridgehead atoms. The van der Waals surface area contributed by atoms with Crippen molar-refractivity contribution in [1.82, 2.24) is 15.5 Å². The molecule has 1 fully saturated rings. The minimum absolute atomic E-state index is 0.293. The van der Waals surface area contributed by atoms with E-state index in [9.17, 15) is 19.2 Å². The Kier molecular flexibility index (Phi) is 8.86. The predicted molar refractivity (Wildman–Crippen MR) is 89.3 cm³/mol. The molecule has 1 aliphatic rings. The first-order chi connectivity index (χ1) is 11.9. The average Bonchev–Trinajstić information content (AvgIpc) is 3.07. The van der Waals surface area contributed by atoms with Gasteiger partial charge in [0.15, 0.2) is 0 Å². The molecule has 142 valence electrons. The fraction of sp³-hybridized carbons (Fsp3) is 0.733. The Labute approximate surface area is 146 Å². The van der Waals surface area contributed by atoms with E-state index in [0.717, 1.165) is 12.8 Å². The summed E-state index contributed by atoms with van der Waals surface area (Å²) in [5.41, 5.74) is 11.1. The molecule has 2 atom stereocenters. The van der Waals surface area contributed by atoms with E-state index in [2.05, 4.69) is 10.6 Å². The average molecular weight is 357 g/mol. The Morgan fingerprint density at radius 3 is 2.52 bits per heavy atom. The van der Waals surface area contributed by atoms with Gasteiger partial charge in [-0.1, -0.05) is 6.42 Å². The van der Waals surface area contributed by atoms with Gasteiger partial charge in [-0.05, 0) is 32.2 Å². The van der Waals surface area contributed by atoms with Crippen LogP contribution in [-0.2, 0) is 19.2 Å². The molecule has 0 aromatic carbocycles. The second-order valence-corrected chi connectivity index (χ2v) is 5.97. The van der Waals surface area contributed by atoms with Crippen LogP contribution < -0.4 is 22.1 Å². The summed E-state index contributed by atoms with van der Waals surface area (Å²) in [6.07, 6.45) is 3.01. The van der Waals surface area contributed by atoms with E-state index in [1.54, 1.807) is 0 Å². The Hall–Kier alpha value is -2.20. The number of likely N-dealkylation sites (tertiary alicyclic amines) is 1. The number of hydrogen-bond acceptors (Lipinski definition) is 6. The number of carboxylic acids is 1. The molecule has 1 saturated heterocycles. The third kappa shape index (κ3) is 7.06. The minimum Gasteiger partial charge on any atom is -0.480 e. The van der Waals surface area contributed by atoms with Gasteiger partial charge >= 0.3 is 5.97 Å². The second kappa shape index (κ2) is 10.6.